The Bertz CT molecular complexity index is 523. The maximum absolute atomic E-state index is 5.65. The van der Waals surface area contributed by atoms with Crippen molar-refractivity contribution in [3.05, 3.63) is 24.3 Å². The average molecular weight is 247 g/mol. The summed E-state index contributed by atoms with van der Waals surface area (Å²) < 4.78 is 7.45. The molecule has 18 heavy (non-hydrogen) atoms. The van der Waals surface area contributed by atoms with Crippen LogP contribution in [0.15, 0.2) is 18.5 Å². The molecule has 0 bridgehead atoms. The maximum atomic E-state index is 5.65. The van der Waals surface area contributed by atoms with Gasteiger partial charge in [-0.15, -0.1) is 0 Å². The smallest absolute Gasteiger partial charge is 0.224 e. The van der Waals surface area contributed by atoms with Crippen molar-refractivity contribution >= 4 is 5.82 Å². The minimum atomic E-state index is 0.522. The largest absolute Gasteiger partial charge is 0.436 e. The van der Waals surface area contributed by atoms with Gasteiger partial charge in [0.15, 0.2) is 5.75 Å². The molecule has 0 unspecified atom stereocenters. The summed E-state index contributed by atoms with van der Waals surface area (Å²) in [5, 5.41) is 7.28. The van der Waals surface area contributed by atoms with E-state index in [1.165, 1.54) is 0 Å². The molecule has 0 saturated carbocycles. The molecule has 6 heteroatoms. The van der Waals surface area contributed by atoms with Crippen molar-refractivity contribution < 1.29 is 4.74 Å². The van der Waals surface area contributed by atoms with Crippen LogP contribution in [0.3, 0.4) is 0 Å². The summed E-state index contributed by atoms with van der Waals surface area (Å²) in [4.78, 5) is 8.50. The van der Waals surface area contributed by atoms with Gasteiger partial charge in [-0.3, -0.25) is 4.68 Å². The van der Waals surface area contributed by atoms with Crippen LogP contribution < -0.4 is 10.1 Å². The molecular formula is C12H17N5O. The van der Waals surface area contributed by atoms with E-state index in [0.717, 1.165) is 18.9 Å². The second kappa shape index (κ2) is 5.48. The van der Waals surface area contributed by atoms with E-state index in [0.29, 0.717) is 17.5 Å². The number of aromatic nitrogens is 4. The molecule has 2 aromatic rings. The Balaban J connectivity index is 2.17. The number of nitrogens with one attached hydrogen (secondary N) is 1. The fourth-order valence-electron chi connectivity index (χ4n) is 1.56. The number of rotatable bonds is 5. The summed E-state index contributed by atoms with van der Waals surface area (Å²) in [5.74, 6) is 2.64. The Labute approximate surface area is 106 Å². The summed E-state index contributed by atoms with van der Waals surface area (Å²) >= 11 is 0. The summed E-state index contributed by atoms with van der Waals surface area (Å²) in [6, 6.07) is 1.78. The van der Waals surface area contributed by atoms with Gasteiger partial charge in [0.2, 0.25) is 5.88 Å². The average Bonchev–Trinajstić information content (AvgIpc) is 2.76. The van der Waals surface area contributed by atoms with E-state index < -0.39 is 0 Å². The van der Waals surface area contributed by atoms with Gasteiger partial charge in [0.05, 0.1) is 12.4 Å². The first-order chi connectivity index (χ1) is 8.71. The van der Waals surface area contributed by atoms with Gasteiger partial charge in [-0.2, -0.15) is 10.1 Å². The molecule has 0 atom stereocenters. The molecule has 0 radical (unpaired) electrons. The molecule has 0 aliphatic rings. The molecule has 6 nitrogen and oxygen atoms in total. The molecule has 1 N–H and O–H groups in total. The molecule has 0 spiro atoms. The molecule has 2 rings (SSSR count). The predicted octanol–water partition coefficient (Wildman–Crippen LogP) is 2.23. The van der Waals surface area contributed by atoms with Crippen LogP contribution in [0.2, 0.25) is 0 Å². The standard InChI is InChI=1S/C12H17N5O/c1-4-13-11-6-12(16-9(3)15-11)18-10-7-14-17(5-2)8-10/h6-8H,4-5H2,1-3H3,(H,13,15,16). The van der Waals surface area contributed by atoms with E-state index in [-0.39, 0.29) is 0 Å². The molecule has 0 amide bonds. The molecule has 96 valence electrons. The number of anilines is 1. The van der Waals surface area contributed by atoms with Crippen LogP contribution in [0.4, 0.5) is 5.82 Å². The quantitative estimate of drug-likeness (QED) is 0.877. The Hall–Kier alpha value is -2.11. The monoisotopic (exact) mass is 247 g/mol. The van der Waals surface area contributed by atoms with Gasteiger partial charge < -0.3 is 10.1 Å². The molecular weight excluding hydrogens is 230 g/mol. The van der Waals surface area contributed by atoms with Crippen molar-refractivity contribution in [2.75, 3.05) is 11.9 Å². The van der Waals surface area contributed by atoms with E-state index in [1.807, 2.05) is 27.0 Å². The lowest BCUT2D eigenvalue weighted by Crippen LogP contribution is -2.02. The number of ether oxygens (including phenoxy) is 1. The third-order valence-electron chi connectivity index (χ3n) is 2.33. The van der Waals surface area contributed by atoms with Crippen LogP contribution >= 0.6 is 0 Å². The highest BCUT2D eigenvalue weighted by Crippen LogP contribution is 2.20. The fourth-order valence-corrected chi connectivity index (χ4v) is 1.56. The molecule has 2 aromatic heterocycles. The second-order valence-corrected chi connectivity index (χ2v) is 3.80. The molecule has 0 aliphatic heterocycles. The first kappa shape index (κ1) is 12.3. The number of hydrogen-bond donors (Lipinski definition) is 1. The lowest BCUT2D eigenvalue weighted by atomic mass is 10.5. The van der Waals surface area contributed by atoms with Crippen molar-refractivity contribution in [1.29, 1.82) is 0 Å². The van der Waals surface area contributed by atoms with Gasteiger partial charge in [0, 0.05) is 19.2 Å². The van der Waals surface area contributed by atoms with E-state index in [2.05, 4.69) is 20.4 Å². The summed E-state index contributed by atoms with van der Waals surface area (Å²) in [7, 11) is 0. The van der Waals surface area contributed by atoms with Crippen LogP contribution in [-0.2, 0) is 6.54 Å². The second-order valence-electron chi connectivity index (χ2n) is 3.80. The third kappa shape index (κ3) is 2.97. The maximum Gasteiger partial charge on any atom is 0.224 e. The van der Waals surface area contributed by atoms with E-state index in [4.69, 9.17) is 4.74 Å². The third-order valence-corrected chi connectivity index (χ3v) is 2.33. The summed E-state index contributed by atoms with van der Waals surface area (Å²) in [6.45, 7) is 7.50. The molecule has 2 heterocycles. The zero-order valence-corrected chi connectivity index (χ0v) is 10.8. The minimum Gasteiger partial charge on any atom is -0.436 e. The predicted molar refractivity (Wildman–Crippen MR) is 68.9 cm³/mol. The van der Waals surface area contributed by atoms with Crippen molar-refractivity contribution in [1.82, 2.24) is 19.7 Å². The van der Waals surface area contributed by atoms with Gasteiger partial charge in [0.1, 0.15) is 11.6 Å². The van der Waals surface area contributed by atoms with Gasteiger partial charge in [-0.25, -0.2) is 4.98 Å². The zero-order chi connectivity index (χ0) is 13.0. The van der Waals surface area contributed by atoms with E-state index in [1.54, 1.807) is 16.9 Å². The molecule has 0 aliphatic carbocycles. The fraction of sp³-hybridized carbons (Fsp3) is 0.417. The first-order valence-electron chi connectivity index (χ1n) is 6.01. The summed E-state index contributed by atoms with van der Waals surface area (Å²) in [5.41, 5.74) is 0. The van der Waals surface area contributed by atoms with Crippen LogP contribution in [0, 0.1) is 6.92 Å². The highest BCUT2D eigenvalue weighted by Gasteiger charge is 2.05. The van der Waals surface area contributed by atoms with Crippen LogP contribution in [0.25, 0.3) is 0 Å². The van der Waals surface area contributed by atoms with Crippen LogP contribution in [0.1, 0.15) is 19.7 Å². The lowest BCUT2D eigenvalue weighted by Gasteiger charge is -2.06. The number of hydrogen-bond acceptors (Lipinski definition) is 5. The van der Waals surface area contributed by atoms with Crippen molar-refractivity contribution in [2.24, 2.45) is 0 Å². The topological polar surface area (TPSA) is 64.9 Å². The van der Waals surface area contributed by atoms with Gasteiger partial charge in [-0.05, 0) is 20.8 Å². The van der Waals surface area contributed by atoms with E-state index >= 15 is 0 Å². The summed E-state index contributed by atoms with van der Waals surface area (Å²) in [6.07, 6.45) is 3.51. The Morgan fingerprint density at radius 1 is 1.33 bits per heavy atom. The Morgan fingerprint density at radius 3 is 2.83 bits per heavy atom. The normalized spacial score (nSPS) is 10.4. The van der Waals surface area contributed by atoms with Crippen molar-refractivity contribution in [2.45, 2.75) is 27.3 Å². The SMILES string of the molecule is CCNc1cc(Oc2cnn(CC)c2)nc(C)n1. The molecule has 0 fully saturated rings. The zero-order valence-electron chi connectivity index (χ0n) is 10.8. The van der Waals surface area contributed by atoms with Gasteiger partial charge in [0.25, 0.3) is 0 Å². The number of nitrogens with zero attached hydrogens (tertiary/aromatic N) is 4. The Morgan fingerprint density at radius 2 is 2.17 bits per heavy atom. The molecule has 0 aromatic carbocycles. The van der Waals surface area contributed by atoms with Crippen LogP contribution in [-0.4, -0.2) is 26.3 Å². The lowest BCUT2D eigenvalue weighted by molar-refractivity contribution is 0.459. The Kier molecular flexibility index (Phi) is 3.76. The van der Waals surface area contributed by atoms with Crippen molar-refractivity contribution in [3.8, 4) is 11.6 Å². The van der Waals surface area contributed by atoms with Gasteiger partial charge in [-0.1, -0.05) is 0 Å². The highest BCUT2D eigenvalue weighted by atomic mass is 16.5. The van der Waals surface area contributed by atoms with E-state index in [9.17, 15) is 0 Å². The number of aryl methyl sites for hydroxylation is 2. The minimum absolute atomic E-state index is 0.522. The molecule has 0 saturated heterocycles. The highest BCUT2D eigenvalue weighted by molar-refractivity contribution is 5.39. The van der Waals surface area contributed by atoms with Crippen molar-refractivity contribution in [3.63, 3.8) is 0 Å². The van der Waals surface area contributed by atoms with Gasteiger partial charge >= 0.3 is 0 Å². The van der Waals surface area contributed by atoms with Crippen LogP contribution in [0.5, 0.6) is 11.6 Å². The first-order valence-corrected chi connectivity index (χ1v) is 6.01.